The highest BCUT2D eigenvalue weighted by Crippen LogP contribution is 2.32. The van der Waals surface area contributed by atoms with Gasteiger partial charge >= 0.3 is 0 Å². The Morgan fingerprint density at radius 2 is 1.86 bits per heavy atom. The number of aromatic nitrogens is 3. The van der Waals surface area contributed by atoms with E-state index in [-0.39, 0.29) is 0 Å². The number of aromatic amines is 1. The van der Waals surface area contributed by atoms with Crippen molar-refractivity contribution in [3.05, 3.63) is 35.7 Å². The summed E-state index contributed by atoms with van der Waals surface area (Å²) in [6.07, 6.45) is 5.49. The zero-order chi connectivity index (χ0) is 15.9. The zero-order valence-electron chi connectivity index (χ0n) is 14.0. The van der Waals surface area contributed by atoms with Gasteiger partial charge in [-0.15, -0.1) is 0 Å². The molecule has 0 radical (unpaired) electrons. The molecule has 2 heterocycles. The van der Waals surface area contributed by atoms with Gasteiger partial charge in [-0.25, -0.2) is 0 Å². The van der Waals surface area contributed by atoms with Crippen LogP contribution in [0.15, 0.2) is 24.3 Å². The number of nitrogens with one attached hydrogen (secondary N) is 1. The molecule has 0 saturated heterocycles. The summed E-state index contributed by atoms with van der Waals surface area (Å²) in [5.41, 5.74) is 10.2. The van der Waals surface area contributed by atoms with Crippen LogP contribution in [0.4, 0.5) is 0 Å². The van der Waals surface area contributed by atoms with E-state index in [1.54, 1.807) is 0 Å². The van der Waals surface area contributed by atoms with E-state index in [0.717, 1.165) is 49.2 Å². The van der Waals surface area contributed by atoms with Crippen molar-refractivity contribution in [1.82, 2.24) is 15.2 Å². The standard InChI is InChI=1S/C16H22N4.C2H6/c1-2-13-4-3-5-14(18-13)16-10-15(19-20-16)11-6-8-12(17)9-7-11;1-2/h3-5,10-12H,2,6-9,17H2,1H3,(H,19,20);1-2H3. The third kappa shape index (κ3) is 3.95. The highest BCUT2D eigenvalue weighted by Gasteiger charge is 2.21. The van der Waals surface area contributed by atoms with Crippen LogP contribution in [0.3, 0.4) is 0 Å². The molecule has 0 amide bonds. The molecule has 1 fully saturated rings. The van der Waals surface area contributed by atoms with E-state index in [1.165, 1.54) is 5.69 Å². The molecule has 0 aromatic carbocycles. The van der Waals surface area contributed by atoms with Gasteiger partial charge in [0.05, 0.1) is 5.69 Å². The highest BCUT2D eigenvalue weighted by atomic mass is 15.1. The molecule has 2 aromatic rings. The van der Waals surface area contributed by atoms with E-state index in [4.69, 9.17) is 5.73 Å². The summed E-state index contributed by atoms with van der Waals surface area (Å²) in [4.78, 5) is 4.63. The molecule has 0 spiro atoms. The monoisotopic (exact) mass is 300 g/mol. The summed E-state index contributed by atoms with van der Waals surface area (Å²) in [5.74, 6) is 0.574. The van der Waals surface area contributed by atoms with Crippen LogP contribution in [0.1, 0.15) is 63.8 Å². The van der Waals surface area contributed by atoms with Gasteiger partial charge in [0.25, 0.3) is 0 Å². The van der Waals surface area contributed by atoms with Crippen molar-refractivity contribution in [1.29, 1.82) is 0 Å². The van der Waals surface area contributed by atoms with Gasteiger partial charge in [0, 0.05) is 23.3 Å². The van der Waals surface area contributed by atoms with Crippen molar-refractivity contribution in [3.63, 3.8) is 0 Å². The van der Waals surface area contributed by atoms with Crippen LogP contribution in [0.2, 0.25) is 0 Å². The predicted octanol–water partition coefficient (Wildman–Crippen LogP) is 4.05. The molecular weight excluding hydrogens is 272 g/mol. The lowest BCUT2D eigenvalue weighted by Gasteiger charge is -2.24. The Hall–Kier alpha value is -1.68. The molecule has 22 heavy (non-hydrogen) atoms. The van der Waals surface area contributed by atoms with Gasteiger partial charge in [0.15, 0.2) is 0 Å². The maximum atomic E-state index is 5.97. The largest absolute Gasteiger partial charge is 0.328 e. The second kappa shape index (κ2) is 8.08. The number of pyridine rings is 1. The van der Waals surface area contributed by atoms with Crippen LogP contribution >= 0.6 is 0 Å². The lowest BCUT2D eigenvalue weighted by molar-refractivity contribution is 0.390. The Labute approximate surface area is 133 Å². The second-order valence-corrected chi connectivity index (χ2v) is 5.69. The molecule has 2 aromatic heterocycles. The summed E-state index contributed by atoms with van der Waals surface area (Å²) >= 11 is 0. The third-order valence-electron chi connectivity index (χ3n) is 4.24. The first-order valence-electron chi connectivity index (χ1n) is 8.53. The number of nitrogens with two attached hydrogens (primary N) is 1. The molecule has 4 heteroatoms. The minimum absolute atomic E-state index is 0.386. The Morgan fingerprint density at radius 3 is 2.55 bits per heavy atom. The molecule has 0 aliphatic heterocycles. The van der Waals surface area contributed by atoms with Gasteiger partial charge in [-0.1, -0.05) is 26.8 Å². The van der Waals surface area contributed by atoms with Crippen molar-refractivity contribution in [3.8, 4) is 11.4 Å². The summed E-state index contributed by atoms with van der Waals surface area (Å²) in [6, 6.07) is 8.67. The van der Waals surface area contributed by atoms with Crippen LogP contribution in [-0.2, 0) is 6.42 Å². The fourth-order valence-electron chi connectivity index (χ4n) is 2.93. The molecule has 4 nitrogen and oxygen atoms in total. The number of hydrogen-bond donors (Lipinski definition) is 2. The van der Waals surface area contributed by atoms with E-state index in [1.807, 2.05) is 19.9 Å². The molecule has 0 atom stereocenters. The lowest BCUT2D eigenvalue weighted by Crippen LogP contribution is -2.25. The van der Waals surface area contributed by atoms with E-state index >= 15 is 0 Å². The number of rotatable bonds is 3. The van der Waals surface area contributed by atoms with Crippen LogP contribution in [0, 0.1) is 0 Å². The van der Waals surface area contributed by atoms with Gasteiger partial charge in [-0.05, 0) is 50.3 Å². The van der Waals surface area contributed by atoms with Crippen LogP contribution in [0.25, 0.3) is 11.4 Å². The Kier molecular flexibility index (Phi) is 6.13. The Bertz CT molecular complexity index is 568. The van der Waals surface area contributed by atoms with E-state index in [9.17, 15) is 0 Å². The van der Waals surface area contributed by atoms with Gasteiger partial charge in [-0.2, -0.15) is 5.10 Å². The van der Waals surface area contributed by atoms with Crippen molar-refractivity contribution in [2.75, 3.05) is 0 Å². The fraction of sp³-hybridized carbons (Fsp3) is 0.556. The maximum absolute atomic E-state index is 5.97. The topological polar surface area (TPSA) is 67.6 Å². The zero-order valence-corrected chi connectivity index (χ0v) is 14.0. The van der Waals surface area contributed by atoms with Crippen molar-refractivity contribution in [2.24, 2.45) is 5.73 Å². The van der Waals surface area contributed by atoms with Crippen molar-refractivity contribution < 1.29 is 0 Å². The summed E-state index contributed by atoms with van der Waals surface area (Å²) < 4.78 is 0. The first-order valence-corrected chi connectivity index (χ1v) is 8.53. The molecule has 1 saturated carbocycles. The number of aryl methyl sites for hydroxylation is 1. The van der Waals surface area contributed by atoms with E-state index in [0.29, 0.717) is 12.0 Å². The van der Waals surface area contributed by atoms with E-state index in [2.05, 4.69) is 40.3 Å². The summed E-state index contributed by atoms with van der Waals surface area (Å²) in [5, 5.41) is 7.63. The van der Waals surface area contributed by atoms with Gasteiger partial charge < -0.3 is 5.73 Å². The Balaban J connectivity index is 0.000000847. The third-order valence-corrected chi connectivity index (χ3v) is 4.24. The average Bonchev–Trinajstić information content (AvgIpc) is 3.07. The number of nitrogens with zero attached hydrogens (tertiary/aromatic N) is 2. The van der Waals surface area contributed by atoms with Gasteiger partial charge in [0.1, 0.15) is 5.69 Å². The average molecular weight is 300 g/mol. The molecule has 3 N–H and O–H groups in total. The number of H-pyrrole nitrogens is 1. The highest BCUT2D eigenvalue weighted by molar-refractivity contribution is 5.54. The summed E-state index contributed by atoms with van der Waals surface area (Å²) in [6.45, 7) is 6.12. The molecule has 1 aliphatic carbocycles. The van der Waals surface area contributed by atoms with Crippen molar-refractivity contribution in [2.45, 2.75) is 64.8 Å². The van der Waals surface area contributed by atoms with Gasteiger partial charge in [-0.3, -0.25) is 10.1 Å². The Morgan fingerprint density at radius 1 is 1.14 bits per heavy atom. The minimum atomic E-state index is 0.386. The molecule has 3 rings (SSSR count). The lowest BCUT2D eigenvalue weighted by atomic mass is 9.84. The molecule has 0 unspecified atom stereocenters. The molecular formula is C18H28N4. The van der Waals surface area contributed by atoms with Gasteiger partial charge in [0.2, 0.25) is 0 Å². The fourth-order valence-corrected chi connectivity index (χ4v) is 2.93. The van der Waals surface area contributed by atoms with E-state index < -0.39 is 0 Å². The summed E-state index contributed by atoms with van der Waals surface area (Å²) in [7, 11) is 0. The van der Waals surface area contributed by atoms with Crippen molar-refractivity contribution >= 4 is 0 Å². The SMILES string of the molecule is CC.CCc1cccc(-c2cc(C3CCC(N)CC3)[nH]n2)n1. The van der Waals surface area contributed by atoms with Crippen LogP contribution < -0.4 is 5.73 Å². The predicted molar refractivity (Wildman–Crippen MR) is 91.7 cm³/mol. The minimum Gasteiger partial charge on any atom is -0.328 e. The second-order valence-electron chi connectivity index (χ2n) is 5.69. The first kappa shape index (κ1) is 16.7. The maximum Gasteiger partial charge on any atom is 0.111 e. The molecule has 1 aliphatic rings. The smallest absolute Gasteiger partial charge is 0.111 e. The molecule has 120 valence electrons. The van der Waals surface area contributed by atoms with Crippen LogP contribution in [0.5, 0.6) is 0 Å². The quantitative estimate of drug-likeness (QED) is 0.898. The number of hydrogen-bond acceptors (Lipinski definition) is 3. The first-order chi connectivity index (χ1) is 10.8. The van der Waals surface area contributed by atoms with Crippen LogP contribution in [-0.4, -0.2) is 21.2 Å². The molecule has 0 bridgehead atoms. The normalized spacial score (nSPS) is 21.1.